The van der Waals surface area contributed by atoms with E-state index in [1.54, 1.807) is 18.6 Å². The predicted octanol–water partition coefficient (Wildman–Crippen LogP) is 3.43. The zero-order chi connectivity index (χ0) is 22.8. The molecule has 1 aliphatic heterocycles. The number of fused-ring (bicyclic) bond motifs is 1. The smallest absolute Gasteiger partial charge is 0.256 e. The number of pyridine rings is 1. The first-order valence-electron chi connectivity index (χ1n) is 11.0. The molecule has 2 atom stereocenters. The van der Waals surface area contributed by atoms with E-state index in [1.165, 1.54) is 4.80 Å². The molecule has 0 bridgehead atoms. The Morgan fingerprint density at radius 3 is 2.79 bits per heavy atom. The van der Waals surface area contributed by atoms with E-state index in [-0.39, 0.29) is 18.1 Å². The molecule has 5 rings (SSSR count). The molecule has 4 aromatic rings. The van der Waals surface area contributed by atoms with E-state index in [2.05, 4.69) is 15.2 Å². The first-order chi connectivity index (χ1) is 16.1. The van der Waals surface area contributed by atoms with Crippen LogP contribution in [0.5, 0.6) is 5.75 Å². The molecule has 1 saturated heterocycles. The number of para-hydroxylation sites is 1. The molecular weight excluding hydrogens is 418 g/mol. The Bertz CT molecular complexity index is 1270. The number of ether oxygens (including phenoxy) is 2. The zero-order valence-corrected chi connectivity index (χ0v) is 18.6. The first-order valence-corrected chi connectivity index (χ1v) is 11.0. The first kappa shape index (κ1) is 21.1. The van der Waals surface area contributed by atoms with Crippen molar-refractivity contribution in [1.29, 1.82) is 0 Å². The summed E-state index contributed by atoms with van der Waals surface area (Å²) >= 11 is 0. The summed E-state index contributed by atoms with van der Waals surface area (Å²) in [5, 5.41) is 9.37. The molecule has 33 heavy (non-hydrogen) atoms. The number of amides is 1. The number of hydrogen-bond acceptors (Lipinski definition) is 6. The van der Waals surface area contributed by atoms with Gasteiger partial charge in [-0.15, -0.1) is 0 Å². The summed E-state index contributed by atoms with van der Waals surface area (Å²) < 4.78 is 12.1. The molecule has 0 saturated carbocycles. The lowest BCUT2D eigenvalue weighted by atomic mass is 10.1. The third kappa shape index (κ3) is 4.29. The van der Waals surface area contributed by atoms with Gasteiger partial charge in [-0.3, -0.25) is 9.78 Å². The fourth-order valence-electron chi connectivity index (χ4n) is 4.07. The Kier molecular flexibility index (Phi) is 5.75. The number of morpholine rings is 1. The van der Waals surface area contributed by atoms with E-state index in [1.807, 2.05) is 67.3 Å². The Labute approximate surface area is 191 Å². The molecule has 3 heterocycles. The molecule has 8 nitrogen and oxygen atoms in total. The summed E-state index contributed by atoms with van der Waals surface area (Å²) in [5.41, 5.74) is 3.11. The molecule has 0 spiro atoms. The van der Waals surface area contributed by atoms with Gasteiger partial charge in [0.25, 0.3) is 5.91 Å². The van der Waals surface area contributed by atoms with Crippen molar-refractivity contribution in [3.63, 3.8) is 0 Å². The molecule has 2 aromatic carbocycles. The summed E-state index contributed by atoms with van der Waals surface area (Å²) in [5.74, 6) is 0.688. The van der Waals surface area contributed by atoms with Gasteiger partial charge >= 0.3 is 0 Å². The van der Waals surface area contributed by atoms with Gasteiger partial charge in [0.1, 0.15) is 18.5 Å². The van der Waals surface area contributed by atoms with E-state index < -0.39 is 0 Å². The van der Waals surface area contributed by atoms with E-state index in [9.17, 15) is 4.79 Å². The van der Waals surface area contributed by atoms with Gasteiger partial charge in [-0.05, 0) is 44.2 Å². The van der Waals surface area contributed by atoms with Crippen LogP contribution in [-0.4, -0.2) is 62.7 Å². The fourth-order valence-corrected chi connectivity index (χ4v) is 4.07. The van der Waals surface area contributed by atoms with Crippen LogP contribution in [0.1, 0.15) is 22.8 Å². The molecule has 168 valence electrons. The molecule has 2 aromatic heterocycles. The second-order valence-electron chi connectivity index (χ2n) is 8.24. The summed E-state index contributed by atoms with van der Waals surface area (Å²) in [6, 6.07) is 15.4. The van der Waals surface area contributed by atoms with Crippen LogP contribution in [0.15, 0.2) is 67.1 Å². The van der Waals surface area contributed by atoms with Crippen LogP contribution in [0.25, 0.3) is 16.6 Å². The number of rotatable bonds is 5. The van der Waals surface area contributed by atoms with Crippen molar-refractivity contribution >= 4 is 16.8 Å². The second kappa shape index (κ2) is 8.99. The average Bonchev–Trinajstić information content (AvgIpc) is 3.38. The van der Waals surface area contributed by atoms with Gasteiger partial charge in [0.15, 0.2) is 0 Å². The lowest BCUT2D eigenvalue weighted by Crippen LogP contribution is -2.52. The SMILES string of the molecule is Cc1ccc(-n2nccn2)c(C(=O)N2C[C@@H](COc3ccnc4ccccc34)OC[C@@H]2C)c1. The zero-order valence-electron chi connectivity index (χ0n) is 18.6. The number of aromatic nitrogens is 4. The van der Waals surface area contributed by atoms with Crippen LogP contribution < -0.4 is 4.74 Å². The topological polar surface area (TPSA) is 82.4 Å². The second-order valence-corrected chi connectivity index (χ2v) is 8.24. The van der Waals surface area contributed by atoms with Crippen LogP contribution in [0.3, 0.4) is 0 Å². The molecule has 1 fully saturated rings. The molecular formula is C25H25N5O3. The maximum Gasteiger partial charge on any atom is 0.256 e. The lowest BCUT2D eigenvalue weighted by Gasteiger charge is -2.38. The highest BCUT2D eigenvalue weighted by molar-refractivity contribution is 5.98. The highest BCUT2D eigenvalue weighted by Gasteiger charge is 2.32. The Morgan fingerprint density at radius 2 is 1.94 bits per heavy atom. The van der Waals surface area contributed by atoms with E-state index >= 15 is 0 Å². The number of nitrogens with zero attached hydrogens (tertiary/aromatic N) is 5. The third-order valence-corrected chi connectivity index (χ3v) is 5.82. The number of carbonyl (C=O) groups excluding carboxylic acids is 1. The molecule has 0 aliphatic carbocycles. The van der Waals surface area contributed by atoms with E-state index in [0.717, 1.165) is 22.2 Å². The van der Waals surface area contributed by atoms with E-state index in [4.69, 9.17) is 9.47 Å². The molecule has 0 radical (unpaired) electrons. The van der Waals surface area contributed by atoms with Crippen LogP contribution >= 0.6 is 0 Å². The number of carbonyl (C=O) groups is 1. The number of hydrogen-bond donors (Lipinski definition) is 0. The largest absolute Gasteiger partial charge is 0.490 e. The number of aryl methyl sites for hydroxylation is 1. The van der Waals surface area contributed by atoms with Crippen LogP contribution in [-0.2, 0) is 4.74 Å². The normalized spacial score (nSPS) is 18.4. The highest BCUT2D eigenvalue weighted by atomic mass is 16.5. The fraction of sp³-hybridized carbons (Fsp3) is 0.280. The molecule has 1 aliphatic rings. The Balaban J connectivity index is 1.34. The van der Waals surface area contributed by atoms with Crippen LogP contribution in [0.4, 0.5) is 0 Å². The minimum atomic E-state index is -0.242. The van der Waals surface area contributed by atoms with Crippen molar-refractivity contribution in [3.05, 3.63) is 78.2 Å². The maximum absolute atomic E-state index is 13.6. The lowest BCUT2D eigenvalue weighted by molar-refractivity contribution is -0.0626. The Hall–Kier alpha value is -3.78. The van der Waals surface area contributed by atoms with Gasteiger partial charge in [-0.1, -0.05) is 23.8 Å². The summed E-state index contributed by atoms with van der Waals surface area (Å²) in [7, 11) is 0. The van der Waals surface area contributed by atoms with Gasteiger partial charge in [0, 0.05) is 11.6 Å². The predicted molar refractivity (Wildman–Crippen MR) is 124 cm³/mol. The van der Waals surface area contributed by atoms with Crippen molar-refractivity contribution in [3.8, 4) is 11.4 Å². The molecule has 0 N–H and O–H groups in total. The monoisotopic (exact) mass is 443 g/mol. The Morgan fingerprint density at radius 1 is 1.12 bits per heavy atom. The van der Waals surface area contributed by atoms with Gasteiger partial charge in [0.05, 0.1) is 48.4 Å². The summed E-state index contributed by atoms with van der Waals surface area (Å²) in [4.78, 5) is 21.3. The minimum Gasteiger partial charge on any atom is -0.490 e. The molecule has 1 amide bonds. The quantitative estimate of drug-likeness (QED) is 0.470. The van der Waals surface area contributed by atoms with Crippen LogP contribution in [0, 0.1) is 6.92 Å². The maximum atomic E-state index is 13.6. The van der Waals surface area contributed by atoms with E-state index in [0.29, 0.717) is 31.0 Å². The van der Waals surface area contributed by atoms with Gasteiger partial charge in [0.2, 0.25) is 0 Å². The van der Waals surface area contributed by atoms with Crippen molar-refractivity contribution in [2.24, 2.45) is 0 Å². The average molecular weight is 444 g/mol. The summed E-state index contributed by atoms with van der Waals surface area (Å²) in [6.07, 6.45) is 4.69. The molecule has 8 heteroatoms. The molecule has 0 unspecified atom stereocenters. The van der Waals surface area contributed by atoms with Crippen molar-refractivity contribution < 1.29 is 14.3 Å². The van der Waals surface area contributed by atoms with Crippen LogP contribution in [0.2, 0.25) is 0 Å². The summed E-state index contributed by atoms with van der Waals surface area (Å²) in [6.45, 7) is 5.18. The number of benzene rings is 2. The van der Waals surface area contributed by atoms with Crippen molar-refractivity contribution in [2.75, 3.05) is 19.8 Å². The van der Waals surface area contributed by atoms with Gasteiger partial charge in [-0.2, -0.15) is 15.0 Å². The minimum absolute atomic E-state index is 0.0607. The standard InChI is InChI=1S/C25H25N5O3/c1-17-7-8-23(30-27-11-12-28-30)21(13-17)25(31)29-14-19(32-15-18(29)2)16-33-24-9-10-26-22-6-4-3-5-20(22)24/h3-13,18-19H,14-16H2,1-2H3/t18-,19-/m0/s1. The highest BCUT2D eigenvalue weighted by Crippen LogP contribution is 2.25. The van der Waals surface area contributed by atoms with Gasteiger partial charge < -0.3 is 14.4 Å². The van der Waals surface area contributed by atoms with Crippen molar-refractivity contribution in [1.82, 2.24) is 24.9 Å². The third-order valence-electron chi connectivity index (χ3n) is 5.82. The van der Waals surface area contributed by atoms with Gasteiger partial charge in [-0.25, -0.2) is 0 Å². The van der Waals surface area contributed by atoms with Crippen molar-refractivity contribution in [2.45, 2.75) is 26.0 Å².